The Kier molecular flexibility index (Phi) is 7.75. The third-order valence-corrected chi connectivity index (χ3v) is 8.18. The number of imidazole rings is 3. The molecule has 10 nitrogen and oxygen atoms in total. The van der Waals surface area contributed by atoms with E-state index in [1.54, 1.807) is 27.6 Å². The van der Waals surface area contributed by atoms with Crippen molar-refractivity contribution in [1.29, 1.82) is 5.26 Å². The Morgan fingerprint density at radius 3 is 1.98 bits per heavy atom. The summed E-state index contributed by atoms with van der Waals surface area (Å²) in [7, 11) is 0. The van der Waals surface area contributed by atoms with Crippen LogP contribution in [0.5, 0.6) is 0 Å². The van der Waals surface area contributed by atoms with Gasteiger partial charge in [-0.15, -0.1) is 0 Å². The number of benzene rings is 2. The Morgan fingerprint density at radius 1 is 0.795 bits per heavy atom. The van der Waals surface area contributed by atoms with Crippen LogP contribution in [0.3, 0.4) is 0 Å². The standard InChI is InChI=1S/C34H35N9O/c1-22(2)11-14-40-28-8-6-24(18-35)16-26(28)38-33(40)21-43-31-19-37-13-10-30(31)42(34(43)44)20-32-39-27-17-25(36-5)7-9-29(27)41(32)15-12-23(3)4/h6-10,13,16-17,19,22-23H,11-12,14-15,20-21H2,1-4H3. The van der Waals surface area contributed by atoms with E-state index in [1.807, 2.05) is 36.4 Å². The van der Waals surface area contributed by atoms with Gasteiger partial charge in [0.1, 0.15) is 11.6 Å². The zero-order chi connectivity index (χ0) is 31.0. The molecular formula is C34H35N9O. The molecule has 4 heterocycles. The maximum atomic E-state index is 14.2. The van der Waals surface area contributed by atoms with Crippen molar-refractivity contribution >= 4 is 38.8 Å². The lowest BCUT2D eigenvalue weighted by Gasteiger charge is -2.12. The van der Waals surface area contributed by atoms with Gasteiger partial charge in [0.05, 0.1) is 70.6 Å². The first-order chi connectivity index (χ1) is 21.3. The number of pyridine rings is 1. The van der Waals surface area contributed by atoms with Crippen molar-refractivity contribution in [3.63, 3.8) is 0 Å². The number of hydrogen-bond acceptors (Lipinski definition) is 5. The second-order valence-electron chi connectivity index (χ2n) is 12.1. The van der Waals surface area contributed by atoms with Crippen molar-refractivity contribution in [2.24, 2.45) is 11.8 Å². The topological polar surface area (TPSA) is 104 Å². The van der Waals surface area contributed by atoms with Crippen LogP contribution in [0.15, 0.2) is 59.7 Å². The van der Waals surface area contributed by atoms with Gasteiger partial charge in [0.25, 0.3) is 0 Å². The quantitative estimate of drug-likeness (QED) is 0.171. The highest BCUT2D eigenvalue weighted by atomic mass is 16.1. The first-order valence-corrected chi connectivity index (χ1v) is 15.1. The third kappa shape index (κ3) is 5.35. The Hall–Kier alpha value is -5.22. The summed E-state index contributed by atoms with van der Waals surface area (Å²) in [6, 6.07) is 15.2. The zero-order valence-corrected chi connectivity index (χ0v) is 25.5. The summed E-state index contributed by atoms with van der Waals surface area (Å²) in [6.07, 6.45) is 5.35. The van der Waals surface area contributed by atoms with E-state index in [9.17, 15) is 10.1 Å². The summed E-state index contributed by atoms with van der Waals surface area (Å²) in [4.78, 5) is 32.0. The molecule has 0 fully saturated rings. The predicted molar refractivity (Wildman–Crippen MR) is 172 cm³/mol. The SMILES string of the molecule is [C-]#[N+]c1ccc2c(c1)nc(Cn1c(=O)n(Cc3nc4cc(C#N)ccc4n3CCC(C)C)c3cnccc31)n2CCC(C)C. The van der Waals surface area contributed by atoms with E-state index in [0.29, 0.717) is 23.1 Å². The molecule has 0 saturated heterocycles. The van der Waals surface area contributed by atoms with Crippen LogP contribution >= 0.6 is 0 Å². The summed E-state index contributed by atoms with van der Waals surface area (Å²) < 4.78 is 7.84. The molecule has 0 spiro atoms. The summed E-state index contributed by atoms with van der Waals surface area (Å²) in [5, 5.41) is 9.46. The molecule has 6 aromatic rings. The van der Waals surface area contributed by atoms with Gasteiger partial charge in [0.2, 0.25) is 0 Å². The smallest absolute Gasteiger partial charge is 0.327 e. The first-order valence-electron chi connectivity index (χ1n) is 15.1. The number of nitrogens with zero attached hydrogens (tertiary/aromatic N) is 9. The normalized spacial score (nSPS) is 11.7. The Morgan fingerprint density at radius 2 is 1.39 bits per heavy atom. The Labute approximate surface area is 255 Å². The minimum Gasteiger partial charge on any atom is -0.327 e. The third-order valence-electron chi connectivity index (χ3n) is 8.18. The van der Waals surface area contributed by atoms with Gasteiger partial charge in [-0.3, -0.25) is 14.1 Å². The van der Waals surface area contributed by atoms with Gasteiger partial charge in [-0.2, -0.15) is 5.26 Å². The molecule has 0 aliphatic carbocycles. The van der Waals surface area contributed by atoms with E-state index < -0.39 is 0 Å². The number of nitriles is 1. The minimum atomic E-state index is -0.169. The molecule has 222 valence electrons. The Bertz CT molecular complexity index is 1990. The van der Waals surface area contributed by atoms with Crippen molar-refractivity contribution in [3.05, 3.63) is 94.0 Å². The van der Waals surface area contributed by atoms with Gasteiger partial charge in [0.15, 0.2) is 5.69 Å². The lowest BCUT2D eigenvalue weighted by atomic mass is 10.1. The number of aryl methyl sites for hydroxylation is 2. The van der Waals surface area contributed by atoms with Crippen LogP contribution in [-0.2, 0) is 26.2 Å². The molecule has 0 amide bonds. The highest BCUT2D eigenvalue weighted by Gasteiger charge is 2.20. The van der Waals surface area contributed by atoms with Gasteiger partial charge >= 0.3 is 5.69 Å². The predicted octanol–water partition coefficient (Wildman–Crippen LogP) is 6.51. The molecule has 2 aromatic carbocycles. The molecule has 6 rings (SSSR count). The van der Waals surface area contributed by atoms with Crippen LogP contribution in [0.25, 0.3) is 37.9 Å². The molecule has 0 saturated carbocycles. The number of aromatic nitrogens is 7. The molecular weight excluding hydrogens is 550 g/mol. The second kappa shape index (κ2) is 11.8. The van der Waals surface area contributed by atoms with Gasteiger partial charge in [0, 0.05) is 19.3 Å². The molecule has 0 N–H and O–H groups in total. The van der Waals surface area contributed by atoms with E-state index in [-0.39, 0.29) is 18.8 Å². The number of fused-ring (bicyclic) bond motifs is 3. The largest absolute Gasteiger partial charge is 0.329 e. The van der Waals surface area contributed by atoms with E-state index in [1.165, 1.54) is 0 Å². The van der Waals surface area contributed by atoms with Crippen LogP contribution in [0.4, 0.5) is 5.69 Å². The fourth-order valence-electron chi connectivity index (χ4n) is 5.76. The van der Waals surface area contributed by atoms with E-state index in [0.717, 1.165) is 70.7 Å². The molecule has 10 heteroatoms. The van der Waals surface area contributed by atoms with Crippen molar-refractivity contribution in [2.45, 2.75) is 66.7 Å². The van der Waals surface area contributed by atoms with Crippen LogP contribution in [0.2, 0.25) is 0 Å². The highest BCUT2D eigenvalue weighted by molar-refractivity contribution is 5.81. The fourth-order valence-corrected chi connectivity index (χ4v) is 5.76. The van der Waals surface area contributed by atoms with E-state index >= 15 is 0 Å². The molecule has 0 radical (unpaired) electrons. The van der Waals surface area contributed by atoms with E-state index in [4.69, 9.17) is 16.5 Å². The van der Waals surface area contributed by atoms with Crippen LogP contribution < -0.4 is 5.69 Å². The van der Waals surface area contributed by atoms with Gasteiger partial charge in [-0.05, 0) is 61.1 Å². The summed E-state index contributed by atoms with van der Waals surface area (Å²) in [5.74, 6) is 2.52. The van der Waals surface area contributed by atoms with Gasteiger partial charge in [-0.25, -0.2) is 19.6 Å². The van der Waals surface area contributed by atoms with Crippen molar-refractivity contribution < 1.29 is 0 Å². The lowest BCUT2D eigenvalue weighted by molar-refractivity contribution is 0.503. The number of hydrogen-bond donors (Lipinski definition) is 0. The molecule has 0 atom stereocenters. The van der Waals surface area contributed by atoms with E-state index in [2.05, 4.69) is 52.7 Å². The van der Waals surface area contributed by atoms with Gasteiger partial charge < -0.3 is 9.13 Å². The molecule has 0 aliphatic heterocycles. The lowest BCUT2D eigenvalue weighted by Crippen LogP contribution is -2.27. The molecule has 4 aromatic heterocycles. The summed E-state index contributed by atoms with van der Waals surface area (Å²) in [6.45, 7) is 18.3. The molecule has 0 aliphatic rings. The maximum absolute atomic E-state index is 14.2. The highest BCUT2D eigenvalue weighted by Crippen LogP contribution is 2.25. The van der Waals surface area contributed by atoms with Crippen molar-refractivity contribution in [1.82, 2.24) is 33.2 Å². The van der Waals surface area contributed by atoms with Crippen molar-refractivity contribution in [2.75, 3.05) is 0 Å². The van der Waals surface area contributed by atoms with Crippen LogP contribution in [0, 0.1) is 29.7 Å². The summed E-state index contributed by atoms with van der Waals surface area (Å²) >= 11 is 0. The fraction of sp³-hybridized carbons (Fsp3) is 0.353. The van der Waals surface area contributed by atoms with Crippen LogP contribution in [-0.4, -0.2) is 33.2 Å². The van der Waals surface area contributed by atoms with Gasteiger partial charge in [-0.1, -0.05) is 33.8 Å². The second-order valence-corrected chi connectivity index (χ2v) is 12.1. The molecule has 44 heavy (non-hydrogen) atoms. The zero-order valence-electron chi connectivity index (χ0n) is 25.5. The first kappa shape index (κ1) is 28.9. The average Bonchev–Trinajstić information content (AvgIpc) is 3.63. The average molecular weight is 586 g/mol. The Balaban J connectivity index is 1.46. The van der Waals surface area contributed by atoms with Crippen LogP contribution in [0.1, 0.15) is 57.7 Å². The number of rotatable bonds is 10. The van der Waals surface area contributed by atoms with Crippen molar-refractivity contribution in [3.8, 4) is 6.07 Å². The summed E-state index contributed by atoms with van der Waals surface area (Å²) in [5.41, 5.74) is 5.83. The molecule has 0 bridgehead atoms. The minimum absolute atomic E-state index is 0.169. The molecule has 0 unspecified atom stereocenters. The monoisotopic (exact) mass is 585 g/mol. The maximum Gasteiger partial charge on any atom is 0.329 e.